The first kappa shape index (κ1) is 12.7. The second kappa shape index (κ2) is 5.35. The molecule has 0 aliphatic carbocycles. The van der Waals surface area contributed by atoms with Crippen molar-refractivity contribution in [1.29, 1.82) is 0 Å². The Morgan fingerprint density at radius 1 is 0.800 bits per heavy atom. The van der Waals surface area contributed by atoms with Gasteiger partial charge in [0, 0.05) is 0 Å². The van der Waals surface area contributed by atoms with Crippen LogP contribution >= 0.6 is 0 Å². The second-order valence-corrected chi connectivity index (χ2v) is 4.91. The Morgan fingerprint density at radius 3 is 1.80 bits per heavy atom. The van der Waals surface area contributed by atoms with Crippen LogP contribution in [0.4, 0.5) is 0 Å². The molecular formula is C18H17NO. The number of ether oxygens (including phenoxy) is 1. The fourth-order valence-electron chi connectivity index (χ4n) is 2.62. The molecule has 0 spiro atoms. The van der Waals surface area contributed by atoms with Gasteiger partial charge in [0.1, 0.15) is 0 Å². The van der Waals surface area contributed by atoms with Crippen LogP contribution < -0.4 is 5.73 Å². The molecule has 0 fully saturated rings. The molecule has 0 amide bonds. The Balaban J connectivity index is 2.09. The van der Waals surface area contributed by atoms with E-state index in [1.807, 2.05) is 54.6 Å². The van der Waals surface area contributed by atoms with Gasteiger partial charge in [-0.2, -0.15) is 0 Å². The van der Waals surface area contributed by atoms with Crippen LogP contribution in [0.3, 0.4) is 0 Å². The van der Waals surface area contributed by atoms with E-state index in [1.165, 1.54) is 0 Å². The fourth-order valence-corrected chi connectivity index (χ4v) is 2.62. The third-order valence-electron chi connectivity index (χ3n) is 3.54. The van der Waals surface area contributed by atoms with Crippen molar-refractivity contribution in [3.63, 3.8) is 0 Å². The van der Waals surface area contributed by atoms with Crippen molar-refractivity contribution in [2.45, 2.75) is 11.6 Å². The van der Waals surface area contributed by atoms with E-state index < -0.39 is 5.72 Å². The molecule has 0 aromatic heterocycles. The first-order valence-corrected chi connectivity index (χ1v) is 6.70. The van der Waals surface area contributed by atoms with Crippen LogP contribution in [0.25, 0.3) is 0 Å². The highest BCUT2D eigenvalue weighted by Gasteiger charge is 2.37. The van der Waals surface area contributed by atoms with Gasteiger partial charge < -0.3 is 4.74 Å². The van der Waals surface area contributed by atoms with Crippen molar-refractivity contribution < 1.29 is 4.74 Å². The van der Waals surface area contributed by atoms with Crippen molar-refractivity contribution in [3.05, 3.63) is 96.3 Å². The Bertz CT molecular complexity index is 579. The van der Waals surface area contributed by atoms with Crippen LogP contribution in [0.5, 0.6) is 0 Å². The number of hydrogen-bond acceptors (Lipinski definition) is 2. The van der Waals surface area contributed by atoms with Crippen molar-refractivity contribution in [1.82, 2.24) is 0 Å². The van der Waals surface area contributed by atoms with E-state index in [0.717, 1.165) is 11.1 Å². The smallest absolute Gasteiger partial charge is 0.188 e. The van der Waals surface area contributed by atoms with E-state index in [-0.39, 0.29) is 5.92 Å². The Labute approximate surface area is 119 Å². The van der Waals surface area contributed by atoms with Gasteiger partial charge in [0.05, 0.1) is 12.2 Å². The van der Waals surface area contributed by atoms with Gasteiger partial charge in [0.2, 0.25) is 0 Å². The summed E-state index contributed by atoms with van der Waals surface area (Å²) in [5.74, 6) is -0.0499. The third-order valence-corrected chi connectivity index (χ3v) is 3.54. The molecule has 1 unspecified atom stereocenters. The minimum absolute atomic E-state index is 0.0499. The maximum atomic E-state index is 6.51. The van der Waals surface area contributed by atoms with Gasteiger partial charge in [-0.3, -0.25) is 5.73 Å². The lowest BCUT2D eigenvalue weighted by Crippen LogP contribution is -2.46. The SMILES string of the molecule is NC1(C(c2ccccc2)c2ccccc2)C=CC=CO1. The normalized spacial score (nSPS) is 20.9. The zero-order chi connectivity index (χ0) is 13.8. The molecule has 2 nitrogen and oxygen atoms in total. The molecule has 1 aliphatic heterocycles. The Kier molecular flexibility index (Phi) is 3.40. The van der Waals surface area contributed by atoms with Crippen LogP contribution in [0.15, 0.2) is 85.2 Å². The molecule has 0 radical (unpaired) electrons. The number of allylic oxidation sites excluding steroid dienone is 2. The number of hydrogen-bond donors (Lipinski definition) is 1. The Hall–Kier alpha value is -2.32. The lowest BCUT2D eigenvalue weighted by molar-refractivity contribution is 0.0552. The summed E-state index contributed by atoms with van der Waals surface area (Å²) >= 11 is 0. The van der Waals surface area contributed by atoms with Crippen molar-refractivity contribution in [3.8, 4) is 0 Å². The third kappa shape index (κ3) is 2.38. The van der Waals surface area contributed by atoms with Gasteiger partial charge in [-0.05, 0) is 23.3 Å². The standard InChI is InChI=1S/C18H17NO/c19-18(13-7-8-14-20-18)17(15-9-3-1-4-10-15)16-11-5-2-6-12-16/h1-14,17H,19H2. The van der Waals surface area contributed by atoms with Crippen LogP contribution in [0.2, 0.25) is 0 Å². The average Bonchev–Trinajstić information content (AvgIpc) is 2.50. The minimum Gasteiger partial charge on any atom is -0.476 e. The molecular weight excluding hydrogens is 246 g/mol. The lowest BCUT2D eigenvalue weighted by Gasteiger charge is -2.36. The van der Waals surface area contributed by atoms with Gasteiger partial charge in [0.15, 0.2) is 5.72 Å². The van der Waals surface area contributed by atoms with Gasteiger partial charge in [0.25, 0.3) is 0 Å². The summed E-state index contributed by atoms with van der Waals surface area (Å²) in [5.41, 5.74) is 7.92. The number of rotatable bonds is 3. The molecule has 0 bridgehead atoms. The fraction of sp³-hybridized carbons (Fsp3) is 0.111. The average molecular weight is 263 g/mol. The maximum absolute atomic E-state index is 6.51. The molecule has 1 heterocycles. The highest BCUT2D eigenvalue weighted by Crippen LogP contribution is 2.36. The molecule has 0 saturated heterocycles. The zero-order valence-electron chi connectivity index (χ0n) is 11.1. The summed E-state index contributed by atoms with van der Waals surface area (Å²) in [4.78, 5) is 0. The van der Waals surface area contributed by atoms with Crippen molar-refractivity contribution >= 4 is 0 Å². The summed E-state index contributed by atoms with van der Waals surface area (Å²) in [7, 11) is 0. The van der Waals surface area contributed by atoms with Gasteiger partial charge in [-0.25, -0.2) is 0 Å². The quantitative estimate of drug-likeness (QED) is 0.918. The summed E-state index contributed by atoms with van der Waals surface area (Å²) in [6, 6.07) is 20.5. The molecule has 2 aromatic rings. The highest BCUT2D eigenvalue weighted by atomic mass is 16.5. The van der Waals surface area contributed by atoms with Crippen LogP contribution in [-0.2, 0) is 4.74 Å². The lowest BCUT2D eigenvalue weighted by atomic mass is 9.82. The van der Waals surface area contributed by atoms with E-state index in [4.69, 9.17) is 10.5 Å². The second-order valence-electron chi connectivity index (χ2n) is 4.91. The summed E-state index contributed by atoms with van der Waals surface area (Å²) < 4.78 is 5.75. The number of benzene rings is 2. The van der Waals surface area contributed by atoms with Gasteiger partial charge in [-0.15, -0.1) is 0 Å². The molecule has 2 aromatic carbocycles. The number of nitrogens with two attached hydrogens (primary N) is 1. The van der Waals surface area contributed by atoms with E-state index in [0.29, 0.717) is 0 Å². The molecule has 2 heteroatoms. The molecule has 3 rings (SSSR count). The predicted molar refractivity (Wildman–Crippen MR) is 81.0 cm³/mol. The van der Waals surface area contributed by atoms with Gasteiger partial charge >= 0.3 is 0 Å². The maximum Gasteiger partial charge on any atom is 0.188 e. The topological polar surface area (TPSA) is 35.2 Å². The molecule has 0 saturated carbocycles. The van der Waals surface area contributed by atoms with Gasteiger partial charge in [-0.1, -0.05) is 66.7 Å². The van der Waals surface area contributed by atoms with E-state index in [9.17, 15) is 0 Å². The minimum atomic E-state index is -0.864. The zero-order valence-corrected chi connectivity index (χ0v) is 11.1. The van der Waals surface area contributed by atoms with E-state index in [2.05, 4.69) is 24.3 Å². The predicted octanol–water partition coefficient (Wildman–Crippen LogP) is 3.57. The molecule has 2 N–H and O–H groups in total. The van der Waals surface area contributed by atoms with Crippen molar-refractivity contribution in [2.24, 2.45) is 5.73 Å². The first-order valence-electron chi connectivity index (χ1n) is 6.70. The van der Waals surface area contributed by atoms with Crippen LogP contribution in [0, 0.1) is 0 Å². The molecule has 1 aliphatic rings. The molecule has 100 valence electrons. The summed E-state index contributed by atoms with van der Waals surface area (Å²) in [5, 5.41) is 0. The van der Waals surface area contributed by atoms with Crippen LogP contribution in [-0.4, -0.2) is 5.72 Å². The largest absolute Gasteiger partial charge is 0.476 e. The van der Waals surface area contributed by atoms with Crippen LogP contribution in [0.1, 0.15) is 17.0 Å². The van der Waals surface area contributed by atoms with Crippen molar-refractivity contribution in [2.75, 3.05) is 0 Å². The van der Waals surface area contributed by atoms with E-state index in [1.54, 1.807) is 6.26 Å². The Morgan fingerprint density at radius 2 is 1.35 bits per heavy atom. The highest BCUT2D eigenvalue weighted by molar-refractivity contribution is 5.38. The summed E-state index contributed by atoms with van der Waals surface area (Å²) in [6.07, 6.45) is 7.34. The van der Waals surface area contributed by atoms with E-state index >= 15 is 0 Å². The monoisotopic (exact) mass is 263 g/mol. The molecule has 20 heavy (non-hydrogen) atoms. The first-order chi connectivity index (χ1) is 9.80. The molecule has 1 atom stereocenters. The summed E-state index contributed by atoms with van der Waals surface area (Å²) in [6.45, 7) is 0.